The van der Waals surface area contributed by atoms with Crippen LogP contribution in [0.5, 0.6) is 0 Å². The molecule has 10 heteroatoms. The van der Waals surface area contributed by atoms with Gasteiger partial charge in [0.2, 0.25) is 5.91 Å². The lowest BCUT2D eigenvalue weighted by Crippen LogP contribution is -2.50. The van der Waals surface area contributed by atoms with Crippen LogP contribution in [-0.2, 0) is 30.8 Å². The van der Waals surface area contributed by atoms with E-state index < -0.39 is 10.0 Å². The zero-order chi connectivity index (χ0) is 24.4. The first-order valence-electron chi connectivity index (χ1n) is 11.6. The van der Waals surface area contributed by atoms with E-state index in [1.54, 1.807) is 12.1 Å². The van der Waals surface area contributed by atoms with Crippen molar-refractivity contribution in [2.75, 3.05) is 10.0 Å². The second-order valence-corrected chi connectivity index (χ2v) is 12.9. The molecule has 34 heavy (non-hydrogen) atoms. The molecule has 1 amide bonds. The van der Waals surface area contributed by atoms with Crippen LogP contribution in [0.1, 0.15) is 57.0 Å². The Kier molecular flexibility index (Phi) is 5.51. The van der Waals surface area contributed by atoms with E-state index in [-0.39, 0.29) is 52.0 Å². The van der Waals surface area contributed by atoms with E-state index in [4.69, 9.17) is 9.72 Å². The van der Waals surface area contributed by atoms with Crippen LogP contribution in [0.15, 0.2) is 29.2 Å². The third-order valence-electron chi connectivity index (χ3n) is 7.86. The molecule has 6 unspecified atom stereocenters. The number of carbonyl (C=O) groups excluding carboxylic acids is 2. The van der Waals surface area contributed by atoms with Gasteiger partial charge in [-0.15, -0.1) is 11.3 Å². The molecule has 1 aliphatic heterocycles. The summed E-state index contributed by atoms with van der Waals surface area (Å²) in [5.74, 6) is 0.0726. The SMILES string of the molecule is CC(=O)Nc1ccc(S(=O)(=O)Nc2nc3c(s2)CC2(C)CCC4C(C)C(=O)OC4C2C3C)cc1. The number of anilines is 2. The number of thiazole rings is 1. The lowest BCUT2D eigenvalue weighted by molar-refractivity contribution is -0.149. The number of esters is 1. The van der Waals surface area contributed by atoms with Gasteiger partial charge in [-0.1, -0.05) is 20.8 Å². The maximum atomic E-state index is 13.0. The summed E-state index contributed by atoms with van der Waals surface area (Å²) < 4.78 is 34.5. The van der Waals surface area contributed by atoms with Gasteiger partial charge in [0, 0.05) is 35.2 Å². The molecule has 6 atom stereocenters. The highest BCUT2D eigenvalue weighted by molar-refractivity contribution is 7.93. The van der Waals surface area contributed by atoms with E-state index in [2.05, 4.69) is 23.9 Å². The number of fused-ring (bicyclic) bond motifs is 4. The molecule has 1 saturated heterocycles. The molecule has 2 N–H and O–H groups in total. The normalized spacial score (nSPS) is 32.2. The Balaban J connectivity index is 1.40. The molecule has 3 aliphatic rings. The molecule has 1 saturated carbocycles. The monoisotopic (exact) mass is 503 g/mol. The summed E-state index contributed by atoms with van der Waals surface area (Å²) in [6.45, 7) is 7.75. The molecule has 0 spiro atoms. The van der Waals surface area contributed by atoms with Crippen molar-refractivity contribution < 1.29 is 22.7 Å². The fourth-order valence-corrected chi connectivity index (χ4v) is 8.72. The van der Waals surface area contributed by atoms with Crippen LogP contribution >= 0.6 is 11.3 Å². The molecule has 8 nitrogen and oxygen atoms in total. The fourth-order valence-electron chi connectivity index (χ4n) is 6.22. The molecule has 2 aliphatic carbocycles. The number of sulfonamides is 1. The number of hydrogen-bond acceptors (Lipinski definition) is 7. The Morgan fingerprint density at radius 1 is 1.21 bits per heavy atom. The van der Waals surface area contributed by atoms with Gasteiger partial charge in [-0.2, -0.15) is 0 Å². The second kappa shape index (κ2) is 8.05. The number of amides is 1. The highest BCUT2D eigenvalue weighted by Gasteiger charge is 2.58. The van der Waals surface area contributed by atoms with Crippen molar-refractivity contribution in [1.82, 2.24) is 4.98 Å². The number of rotatable bonds is 4. The Bertz CT molecular complexity index is 1260. The van der Waals surface area contributed by atoms with Crippen molar-refractivity contribution in [3.05, 3.63) is 34.8 Å². The van der Waals surface area contributed by atoms with Crippen molar-refractivity contribution in [2.45, 2.75) is 63.9 Å². The van der Waals surface area contributed by atoms with Crippen molar-refractivity contribution in [3.63, 3.8) is 0 Å². The molecular weight excluding hydrogens is 474 g/mol. The van der Waals surface area contributed by atoms with Gasteiger partial charge >= 0.3 is 5.97 Å². The summed E-state index contributed by atoms with van der Waals surface area (Å²) in [6.07, 6.45) is 2.69. The topological polar surface area (TPSA) is 114 Å². The zero-order valence-electron chi connectivity index (χ0n) is 19.6. The van der Waals surface area contributed by atoms with Crippen LogP contribution in [0.3, 0.4) is 0 Å². The highest BCUT2D eigenvalue weighted by Crippen LogP contribution is 2.59. The molecule has 182 valence electrons. The van der Waals surface area contributed by atoms with Crippen LogP contribution in [0.4, 0.5) is 10.8 Å². The van der Waals surface area contributed by atoms with Gasteiger partial charge in [0.25, 0.3) is 10.0 Å². The molecular formula is C24H29N3O5S2. The van der Waals surface area contributed by atoms with Crippen molar-refractivity contribution >= 4 is 44.1 Å². The Labute approximate surface area is 203 Å². The first kappa shape index (κ1) is 23.3. The standard InChI is InChI=1S/C24H29N3O5S2/c1-12-17-9-10-24(4)11-18-20(13(2)19(24)21(17)32-22(12)29)26-23(33-18)27-34(30,31)16-7-5-15(6-8-16)25-14(3)28/h5-8,12-13,17,19,21H,9-11H2,1-4H3,(H,25,28)(H,26,27). The van der Waals surface area contributed by atoms with Crippen LogP contribution < -0.4 is 10.0 Å². The van der Waals surface area contributed by atoms with Gasteiger partial charge in [0.15, 0.2) is 5.13 Å². The number of benzene rings is 1. The minimum Gasteiger partial charge on any atom is -0.461 e. The summed E-state index contributed by atoms with van der Waals surface area (Å²) >= 11 is 1.39. The number of aromatic nitrogens is 1. The molecule has 1 aromatic heterocycles. The zero-order valence-corrected chi connectivity index (χ0v) is 21.3. The van der Waals surface area contributed by atoms with E-state index >= 15 is 0 Å². The molecule has 1 aromatic carbocycles. The number of ether oxygens (including phenoxy) is 1. The lowest BCUT2D eigenvalue weighted by atomic mass is 9.54. The predicted octanol–water partition coefficient (Wildman–Crippen LogP) is 4.16. The third kappa shape index (κ3) is 3.80. The van der Waals surface area contributed by atoms with Gasteiger partial charge in [-0.3, -0.25) is 14.3 Å². The predicted molar refractivity (Wildman–Crippen MR) is 129 cm³/mol. The molecule has 5 rings (SSSR count). The van der Waals surface area contributed by atoms with E-state index in [1.807, 2.05) is 6.92 Å². The first-order valence-corrected chi connectivity index (χ1v) is 13.9. The smallest absolute Gasteiger partial charge is 0.309 e. The van der Waals surface area contributed by atoms with E-state index in [1.165, 1.54) is 30.4 Å². The molecule has 0 bridgehead atoms. The van der Waals surface area contributed by atoms with Gasteiger partial charge < -0.3 is 10.1 Å². The molecule has 0 radical (unpaired) electrons. The molecule has 2 heterocycles. The van der Waals surface area contributed by atoms with Gasteiger partial charge in [-0.05, 0) is 48.9 Å². The molecule has 2 fully saturated rings. The van der Waals surface area contributed by atoms with Crippen LogP contribution in [0.2, 0.25) is 0 Å². The third-order valence-corrected chi connectivity index (χ3v) is 10.3. The first-order chi connectivity index (χ1) is 16.0. The number of carbonyl (C=O) groups is 2. The van der Waals surface area contributed by atoms with Crippen LogP contribution in [-0.4, -0.2) is 31.4 Å². The maximum Gasteiger partial charge on any atom is 0.309 e. The Morgan fingerprint density at radius 2 is 1.91 bits per heavy atom. The minimum absolute atomic E-state index is 0.0137. The summed E-state index contributed by atoms with van der Waals surface area (Å²) in [4.78, 5) is 29.4. The summed E-state index contributed by atoms with van der Waals surface area (Å²) in [6, 6.07) is 6.01. The van der Waals surface area contributed by atoms with Crippen molar-refractivity contribution in [1.29, 1.82) is 0 Å². The quantitative estimate of drug-likeness (QED) is 0.606. The van der Waals surface area contributed by atoms with Gasteiger partial charge in [0.05, 0.1) is 16.5 Å². The van der Waals surface area contributed by atoms with Gasteiger partial charge in [0.1, 0.15) is 6.10 Å². The largest absolute Gasteiger partial charge is 0.461 e. The van der Waals surface area contributed by atoms with Crippen molar-refractivity contribution in [2.24, 2.45) is 23.2 Å². The highest BCUT2D eigenvalue weighted by atomic mass is 32.2. The van der Waals surface area contributed by atoms with E-state index in [0.29, 0.717) is 10.8 Å². The minimum atomic E-state index is -3.83. The van der Waals surface area contributed by atoms with Gasteiger partial charge in [-0.25, -0.2) is 13.4 Å². The average molecular weight is 504 g/mol. The van der Waals surface area contributed by atoms with E-state index in [0.717, 1.165) is 29.8 Å². The fraction of sp³-hybridized carbons (Fsp3) is 0.542. The van der Waals surface area contributed by atoms with Crippen LogP contribution in [0, 0.1) is 23.2 Å². The van der Waals surface area contributed by atoms with E-state index in [9.17, 15) is 18.0 Å². The van der Waals surface area contributed by atoms with Crippen LogP contribution in [0.25, 0.3) is 0 Å². The summed E-state index contributed by atoms with van der Waals surface area (Å²) in [5, 5.41) is 2.97. The van der Waals surface area contributed by atoms with Crippen molar-refractivity contribution in [3.8, 4) is 0 Å². The molecule has 2 aromatic rings. The number of nitrogens with one attached hydrogen (secondary N) is 2. The average Bonchev–Trinajstić information content (AvgIpc) is 3.26. The number of nitrogens with zero attached hydrogens (tertiary/aromatic N) is 1. The Hall–Kier alpha value is -2.46. The Morgan fingerprint density at radius 3 is 2.59 bits per heavy atom. The number of hydrogen-bond donors (Lipinski definition) is 2. The second-order valence-electron chi connectivity index (χ2n) is 10.2. The lowest BCUT2D eigenvalue weighted by Gasteiger charge is -2.51. The maximum absolute atomic E-state index is 13.0. The summed E-state index contributed by atoms with van der Waals surface area (Å²) in [7, 11) is -3.83. The summed E-state index contributed by atoms with van der Waals surface area (Å²) in [5.41, 5.74) is 1.42.